The predicted molar refractivity (Wildman–Crippen MR) is 87.4 cm³/mol. The lowest BCUT2D eigenvalue weighted by atomic mass is 9.91. The molecule has 7 heteroatoms. The normalized spacial score (nSPS) is 21.3. The second-order valence-electron chi connectivity index (χ2n) is 6.01. The second-order valence-corrected chi connectivity index (χ2v) is 6.44. The Balaban J connectivity index is 1.65. The molecular weight excluding hydrogens is 316 g/mol. The third-order valence-corrected chi connectivity index (χ3v) is 4.43. The van der Waals surface area contributed by atoms with Gasteiger partial charge in [0.05, 0.1) is 17.3 Å². The number of amides is 1. The zero-order valence-corrected chi connectivity index (χ0v) is 14.1. The van der Waals surface area contributed by atoms with Crippen molar-refractivity contribution in [3.05, 3.63) is 40.9 Å². The van der Waals surface area contributed by atoms with Gasteiger partial charge in [-0.25, -0.2) is 0 Å². The monoisotopic (exact) mass is 336 g/mol. The van der Waals surface area contributed by atoms with Crippen LogP contribution in [-0.2, 0) is 18.8 Å². The van der Waals surface area contributed by atoms with Crippen molar-refractivity contribution in [3.8, 4) is 0 Å². The van der Waals surface area contributed by atoms with Crippen molar-refractivity contribution >= 4 is 17.5 Å². The Bertz CT molecular complexity index is 694. The van der Waals surface area contributed by atoms with Crippen molar-refractivity contribution in [3.63, 3.8) is 0 Å². The molecule has 2 atom stereocenters. The summed E-state index contributed by atoms with van der Waals surface area (Å²) in [5, 5.41) is 7.78. The van der Waals surface area contributed by atoms with E-state index in [1.165, 1.54) is 0 Å². The maximum Gasteiger partial charge on any atom is 0.267 e. The molecule has 3 rings (SSSR count). The van der Waals surface area contributed by atoms with Crippen molar-refractivity contribution in [2.45, 2.75) is 18.9 Å². The first-order valence-electron chi connectivity index (χ1n) is 7.75. The van der Waals surface area contributed by atoms with Gasteiger partial charge in [0.1, 0.15) is 5.69 Å². The zero-order valence-electron chi connectivity index (χ0n) is 13.3. The Morgan fingerprint density at radius 3 is 2.96 bits per heavy atom. The summed E-state index contributed by atoms with van der Waals surface area (Å²) < 4.78 is 9.43. The summed E-state index contributed by atoms with van der Waals surface area (Å²) in [6.45, 7) is 1.32. The van der Waals surface area contributed by atoms with Crippen molar-refractivity contribution in [1.29, 1.82) is 0 Å². The fourth-order valence-electron chi connectivity index (χ4n) is 3.07. The average molecular weight is 337 g/mol. The van der Waals surface area contributed by atoms with E-state index in [1.54, 1.807) is 21.5 Å². The number of ether oxygens (including phenoxy) is 1. The summed E-state index contributed by atoms with van der Waals surface area (Å²) in [6.07, 6.45) is 7.54. The lowest BCUT2D eigenvalue weighted by Gasteiger charge is -2.31. The van der Waals surface area contributed by atoms with Crippen molar-refractivity contribution in [2.75, 3.05) is 13.2 Å². The quantitative estimate of drug-likeness (QED) is 0.932. The van der Waals surface area contributed by atoms with E-state index in [4.69, 9.17) is 16.3 Å². The molecule has 6 nitrogen and oxygen atoms in total. The highest BCUT2D eigenvalue weighted by Crippen LogP contribution is 2.33. The van der Waals surface area contributed by atoms with Crippen LogP contribution in [0.5, 0.6) is 0 Å². The Morgan fingerprint density at radius 1 is 1.48 bits per heavy atom. The molecule has 0 aliphatic carbocycles. The number of rotatable bonds is 4. The van der Waals surface area contributed by atoms with Gasteiger partial charge < -0.3 is 14.6 Å². The summed E-state index contributed by atoms with van der Waals surface area (Å²) >= 11 is 5.93. The summed E-state index contributed by atoms with van der Waals surface area (Å²) in [4.78, 5) is 12.3. The van der Waals surface area contributed by atoms with Gasteiger partial charge in [-0.1, -0.05) is 11.6 Å². The van der Waals surface area contributed by atoms with E-state index in [9.17, 15) is 4.79 Å². The largest absolute Gasteiger partial charge is 0.373 e. The zero-order chi connectivity index (χ0) is 16.4. The van der Waals surface area contributed by atoms with E-state index in [-0.39, 0.29) is 17.9 Å². The van der Waals surface area contributed by atoms with E-state index in [0.29, 0.717) is 17.3 Å². The number of halogens is 1. The van der Waals surface area contributed by atoms with Crippen LogP contribution >= 0.6 is 11.6 Å². The minimum atomic E-state index is -0.116. The van der Waals surface area contributed by atoms with Crippen LogP contribution in [0.1, 0.15) is 35.0 Å². The first-order chi connectivity index (χ1) is 11.0. The fraction of sp³-hybridized carbons (Fsp3) is 0.500. The van der Waals surface area contributed by atoms with Crippen LogP contribution in [0.4, 0.5) is 0 Å². The molecule has 1 aliphatic rings. The highest BCUT2D eigenvalue weighted by Gasteiger charge is 2.29. The molecule has 2 aromatic heterocycles. The topological polar surface area (TPSA) is 61.1 Å². The summed E-state index contributed by atoms with van der Waals surface area (Å²) in [5.74, 6) is 0.127. The van der Waals surface area contributed by atoms with Gasteiger partial charge >= 0.3 is 0 Å². The number of carbonyl (C=O) groups excluding carboxylic acids is 1. The van der Waals surface area contributed by atoms with Gasteiger partial charge in [-0.05, 0) is 18.9 Å². The molecule has 0 saturated carbocycles. The maximum atomic E-state index is 12.3. The molecule has 0 spiro atoms. The third kappa shape index (κ3) is 3.59. The van der Waals surface area contributed by atoms with Gasteiger partial charge in [-0.3, -0.25) is 9.48 Å². The van der Waals surface area contributed by atoms with Crippen LogP contribution in [-0.4, -0.2) is 33.4 Å². The van der Waals surface area contributed by atoms with Crippen molar-refractivity contribution in [1.82, 2.24) is 19.7 Å². The first-order valence-corrected chi connectivity index (χ1v) is 8.12. The van der Waals surface area contributed by atoms with Gasteiger partial charge in [-0.2, -0.15) is 5.10 Å². The number of aryl methyl sites for hydroxylation is 2. The number of hydrogen-bond donors (Lipinski definition) is 1. The van der Waals surface area contributed by atoms with Gasteiger partial charge in [0.15, 0.2) is 0 Å². The molecule has 23 heavy (non-hydrogen) atoms. The SMILES string of the molecule is Cn1cc([C@@H]2OCCC[C@H]2CNC(=O)c2cc(Cl)cn2C)cn1. The minimum absolute atomic E-state index is 0.0187. The van der Waals surface area contributed by atoms with Crippen LogP contribution in [0.3, 0.4) is 0 Å². The number of aromatic nitrogens is 3. The Labute approximate surface area is 140 Å². The fourth-order valence-corrected chi connectivity index (χ4v) is 3.32. The third-order valence-electron chi connectivity index (χ3n) is 4.23. The second kappa shape index (κ2) is 6.76. The van der Waals surface area contributed by atoms with E-state index in [2.05, 4.69) is 10.4 Å². The Kier molecular flexibility index (Phi) is 4.73. The van der Waals surface area contributed by atoms with E-state index in [0.717, 1.165) is 25.0 Å². The van der Waals surface area contributed by atoms with Crippen molar-refractivity contribution < 1.29 is 9.53 Å². The summed E-state index contributed by atoms with van der Waals surface area (Å²) in [7, 11) is 3.70. The van der Waals surface area contributed by atoms with E-state index in [1.807, 2.05) is 26.5 Å². The molecular formula is C16H21ClN4O2. The predicted octanol–water partition coefficient (Wildman–Crippen LogP) is 2.31. The molecule has 1 N–H and O–H groups in total. The molecule has 2 aromatic rings. The van der Waals surface area contributed by atoms with Crippen LogP contribution in [0.2, 0.25) is 5.02 Å². The van der Waals surface area contributed by atoms with Crippen LogP contribution in [0.25, 0.3) is 0 Å². The first kappa shape index (κ1) is 16.1. The number of hydrogen-bond acceptors (Lipinski definition) is 3. The Morgan fingerprint density at radius 2 is 2.30 bits per heavy atom. The Hall–Kier alpha value is -1.79. The van der Waals surface area contributed by atoms with Gasteiger partial charge in [0, 0.05) is 51.1 Å². The lowest BCUT2D eigenvalue weighted by molar-refractivity contribution is -0.0273. The number of carbonyl (C=O) groups is 1. The smallest absolute Gasteiger partial charge is 0.267 e. The van der Waals surface area contributed by atoms with Gasteiger partial charge in [0.2, 0.25) is 0 Å². The van der Waals surface area contributed by atoms with Crippen LogP contribution in [0, 0.1) is 5.92 Å². The molecule has 1 amide bonds. The standard InChI is InChI=1S/C16H21ClN4O2/c1-20-10-13(17)6-14(20)16(22)18-7-11-4-3-5-23-15(11)12-8-19-21(2)9-12/h6,8-11,15H,3-5,7H2,1-2H3,(H,18,22)/t11-,15+/m0/s1. The maximum absolute atomic E-state index is 12.3. The molecule has 0 radical (unpaired) electrons. The number of nitrogens with one attached hydrogen (secondary N) is 1. The molecule has 0 aromatic carbocycles. The molecule has 124 valence electrons. The van der Waals surface area contributed by atoms with E-state index >= 15 is 0 Å². The highest BCUT2D eigenvalue weighted by molar-refractivity contribution is 6.31. The molecule has 3 heterocycles. The summed E-state index contributed by atoms with van der Waals surface area (Å²) in [5.41, 5.74) is 1.62. The molecule has 0 bridgehead atoms. The molecule has 0 unspecified atom stereocenters. The van der Waals surface area contributed by atoms with E-state index < -0.39 is 0 Å². The van der Waals surface area contributed by atoms with Crippen LogP contribution in [0.15, 0.2) is 24.7 Å². The minimum Gasteiger partial charge on any atom is -0.373 e. The van der Waals surface area contributed by atoms with Gasteiger partial charge in [-0.15, -0.1) is 0 Å². The van der Waals surface area contributed by atoms with Gasteiger partial charge in [0.25, 0.3) is 5.91 Å². The molecule has 1 saturated heterocycles. The summed E-state index contributed by atoms with van der Waals surface area (Å²) in [6, 6.07) is 1.67. The number of nitrogens with zero attached hydrogens (tertiary/aromatic N) is 3. The van der Waals surface area contributed by atoms with Crippen molar-refractivity contribution in [2.24, 2.45) is 20.0 Å². The highest BCUT2D eigenvalue weighted by atomic mass is 35.5. The average Bonchev–Trinajstić information content (AvgIpc) is 3.10. The van der Waals surface area contributed by atoms with Crippen LogP contribution < -0.4 is 5.32 Å². The molecule has 1 aliphatic heterocycles. The lowest BCUT2D eigenvalue weighted by Crippen LogP contribution is -2.35. The molecule has 1 fully saturated rings.